The third-order valence-electron chi connectivity index (χ3n) is 7.97. The van der Waals surface area contributed by atoms with Crippen LogP contribution in [0.15, 0.2) is 72.9 Å². The normalized spacial score (nSPS) is 13.5. The highest BCUT2D eigenvalue weighted by atomic mass is 16.4. The molecule has 0 rings (SSSR count). The lowest BCUT2D eigenvalue weighted by Gasteiger charge is -2.13. The summed E-state index contributed by atoms with van der Waals surface area (Å²) in [6.07, 6.45) is 44.9. The fourth-order valence-corrected chi connectivity index (χ4v) is 4.99. The van der Waals surface area contributed by atoms with Crippen molar-refractivity contribution in [3.05, 3.63) is 72.9 Å². The molecule has 0 radical (unpaired) electrons. The second kappa shape index (κ2) is 33.4. The molecule has 2 atom stereocenters. The van der Waals surface area contributed by atoms with Gasteiger partial charge in [-0.1, -0.05) is 125 Å². The molecule has 270 valence electrons. The molecule has 7 nitrogen and oxygen atoms in total. The molecule has 0 aromatic carbocycles. The molecule has 7 heteroatoms. The molecule has 0 spiro atoms. The molecule has 0 bridgehead atoms. The number of nitrogens with two attached hydrogens (primary N) is 1. The van der Waals surface area contributed by atoms with Crippen LogP contribution in [0.25, 0.3) is 0 Å². The predicted molar refractivity (Wildman–Crippen MR) is 200 cm³/mol. The van der Waals surface area contributed by atoms with Crippen LogP contribution in [-0.2, 0) is 19.2 Å². The fraction of sp³-hybridized carbons (Fsp3) is 0.610. The van der Waals surface area contributed by atoms with Crippen LogP contribution in [-0.4, -0.2) is 34.7 Å². The molecule has 0 saturated carbocycles. The van der Waals surface area contributed by atoms with Crippen LogP contribution in [0.5, 0.6) is 0 Å². The number of aliphatic carboxylic acids is 1. The fourth-order valence-electron chi connectivity index (χ4n) is 4.99. The zero-order chi connectivity index (χ0) is 35.5. The highest BCUT2D eigenvalue weighted by Gasteiger charge is 2.20. The lowest BCUT2D eigenvalue weighted by Crippen LogP contribution is -2.41. The first-order valence-electron chi connectivity index (χ1n) is 18.5. The quantitative estimate of drug-likeness (QED) is 0.0487. The number of Topliss-reactive ketones (excluding diaryl/α,β-unsaturated/α-hetero) is 1. The van der Waals surface area contributed by atoms with E-state index >= 15 is 0 Å². The monoisotopic (exact) mass is 666 g/mol. The number of carboxylic acids is 1. The van der Waals surface area contributed by atoms with Gasteiger partial charge < -0.3 is 16.2 Å². The molecule has 0 aliphatic carbocycles. The van der Waals surface area contributed by atoms with Crippen molar-refractivity contribution in [2.75, 3.05) is 0 Å². The molecular formula is C41H66N2O5. The Bertz CT molecular complexity index is 1040. The van der Waals surface area contributed by atoms with Gasteiger partial charge in [0.1, 0.15) is 11.8 Å². The largest absolute Gasteiger partial charge is 0.480 e. The molecule has 0 saturated heterocycles. The van der Waals surface area contributed by atoms with E-state index in [9.17, 15) is 19.2 Å². The number of rotatable bonds is 32. The maximum atomic E-state index is 12.4. The second-order valence-electron chi connectivity index (χ2n) is 12.5. The van der Waals surface area contributed by atoms with Gasteiger partial charge in [-0.25, -0.2) is 4.79 Å². The Morgan fingerprint density at radius 3 is 1.58 bits per heavy atom. The maximum Gasteiger partial charge on any atom is 0.326 e. The van der Waals surface area contributed by atoms with Gasteiger partial charge in [-0.05, 0) is 77.0 Å². The minimum Gasteiger partial charge on any atom is -0.480 e. The van der Waals surface area contributed by atoms with E-state index in [1.54, 1.807) is 0 Å². The molecule has 2 amide bonds. The lowest BCUT2D eigenvalue weighted by molar-refractivity contribution is -0.142. The van der Waals surface area contributed by atoms with Crippen LogP contribution >= 0.6 is 0 Å². The number of amides is 2. The van der Waals surface area contributed by atoms with Gasteiger partial charge in [0.05, 0.1) is 0 Å². The second-order valence-corrected chi connectivity index (χ2v) is 12.5. The number of primary amides is 1. The van der Waals surface area contributed by atoms with E-state index in [-0.39, 0.29) is 31.1 Å². The minimum atomic E-state index is -1.15. The standard InChI is InChI=1S/C41H66N2O5/c1-3-4-5-6-7-8-9-10-11-14-17-20-23-26-29-32-38(44)36(2)31-28-25-22-19-16-13-12-15-18-21-24-27-30-33-40(46)43-37(41(47)48)34-35-39(42)45/h4-5,7-8,10-13,19,22,28,31,36-37H,3,6,9,14-18,20-21,23-27,29-30,32-35H2,1-2H3,(H2,42,45)(H,43,46)(H,47,48)/b5-4-,8-7-,11-10-,13-12-,22-19-,31-28-/t36?,37-/m0/s1. The number of carbonyl (C=O) groups excluding carboxylic acids is 3. The first kappa shape index (κ1) is 44.5. The van der Waals surface area contributed by atoms with Gasteiger partial charge in [0.25, 0.3) is 0 Å². The first-order valence-corrected chi connectivity index (χ1v) is 18.5. The van der Waals surface area contributed by atoms with Crippen molar-refractivity contribution < 1.29 is 24.3 Å². The molecule has 1 unspecified atom stereocenters. The highest BCUT2D eigenvalue weighted by Crippen LogP contribution is 2.12. The van der Waals surface area contributed by atoms with Gasteiger partial charge in [0, 0.05) is 25.2 Å². The van der Waals surface area contributed by atoms with Crippen molar-refractivity contribution >= 4 is 23.6 Å². The Morgan fingerprint density at radius 1 is 0.604 bits per heavy atom. The van der Waals surface area contributed by atoms with Gasteiger partial charge in [-0.2, -0.15) is 0 Å². The predicted octanol–water partition coefficient (Wildman–Crippen LogP) is 9.80. The number of allylic oxidation sites excluding steroid dienone is 12. The number of ketones is 1. The van der Waals surface area contributed by atoms with Crippen molar-refractivity contribution in [3.63, 3.8) is 0 Å². The summed E-state index contributed by atoms with van der Waals surface area (Å²) in [5.41, 5.74) is 5.06. The molecule has 4 N–H and O–H groups in total. The number of carbonyl (C=O) groups is 4. The summed E-state index contributed by atoms with van der Waals surface area (Å²) in [4.78, 5) is 46.4. The zero-order valence-electron chi connectivity index (χ0n) is 30.1. The Morgan fingerprint density at radius 2 is 1.06 bits per heavy atom. The molecular weight excluding hydrogens is 600 g/mol. The zero-order valence-corrected chi connectivity index (χ0v) is 30.1. The molecule has 48 heavy (non-hydrogen) atoms. The molecule has 0 aliphatic rings. The van der Waals surface area contributed by atoms with E-state index in [0.717, 1.165) is 83.5 Å². The number of hydrogen-bond donors (Lipinski definition) is 3. The van der Waals surface area contributed by atoms with Crippen molar-refractivity contribution in [1.29, 1.82) is 0 Å². The van der Waals surface area contributed by atoms with Crippen LogP contribution in [0.4, 0.5) is 0 Å². The van der Waals surface area contributed by atoms with E-state index in [1.807, 2.05) is 13.0 Å². The number of unbranched alkanes of at least 4 members (excludes halogenated alkanes) is 10. The molecule has 0 fully saturated rings. The number of nitrogens with one attached hydrogen (secondary N) is 1. The summed E-state index contributed by atoms with van der Waals surface area (Å²) in [5, 5.41) is 11.6. The van der Waals surface area contributed by atoms with Crippen molar-refractivity contribution in [3.8, 4) is 0 Å². The van der Waals surface area contributed by atoms with Gasteiger partial charge in [-0.3, -0.25) is 14.4 Å². The molecule has 0 aromatic rings. The minimum absolute atomic E-state index is 0.00887. The van der Waals surface area contributed by atoms with Crippen molar-refractivity contribution in [1.82, 2.24) is 5.32 Å². The number of carboxylic acid groups (broad SMARTS) is 1. The summed E-state index contributed by atoms with van der Waals surface area (Å²) in [6, 6.07) is -1.07. The number of hydrogen-bond acceptors (Lipinski definition) is 4. The van der Waals surface area contributed by atoms with E-state index in [0.29, 0.717) is 18.6 Å². The van der Waals surface area contributed by atoms with Gasteiger partial charge in [0.2, 0.25) is 11.8 Å². The van der Waals surface area contributed by atoms with E-state index < -0.39 is 17.9 Å². The first-order chi connectivity index (χ1) is 23.3. The topological polar surface area (TPSA) is 127 Å². The Balaban J connectivity index is 3.71. The van der Waals surface area contributed by atoms with Crippen LogP contribution in [0.1, 0.15) is 149 Å². The summed E-state index contributed by atoms with van der Waals surface area (Å²) in [5.74, 6) is -1.71. The Hall–Kier alpha value is -3.48. The molecule has 0 aliphatic heterocycles. The van der Waals surface area contributed by atoms with Crippen molar-refractivity contribution in [2.45, 2.75) is 155 Å². The Kier molecular flexibility index (Phi) is 31.0. The van der Waals surface area contributed by atoms with Crippen molar-refractivity contribution in [2.24, 2.45) is 11.7 Å². The third kappa shape index (κ3) is 31.1. The highest BCUT2D eigenvalue weighted by molar-refractivity contribution is 5.84. The molecule has 0 aromatic heterocycles. The maximum absolute atomic E-state index is 12.4. The van der Waals surface area contributed by atoms with Gasteiger partial charge in [0.15, 0.2) is 0 Å². The summed E-state index contributed by atoms with van der Waals surface area (Å²) >= 11 is 0. The van der Waals surface area contributed by atoms with Gasteiger partial charge >= 0.3 is 5.97 Å². The van der Waals surface area contributed by atoms with E-state index in [4.69, 9.17) is 10.8 Å². The average Bonchev–Trinajstić information content (AvgIpc) is 3.06. The summed E-state index contributed by atoms with van der Waals surface area (Å²) in [7, 11) is 0. The molecule has 0 heterocycles. The Labute approximate surface area is 292 Å². The van der Waals surface area contributed by atoms with Crippen LogP contribution in [0, 0.1) is 5.92 Å². The summed E-state index contributed by atoms with van der Waals surface area (Å²) in [6.45, 7) is 4.15. The average molecular weight is 667 g/mol. The van der Waals surface area contributed by atoms with E-state index in [1.165, 1.54) is 19.3 Å². The van der Waals surface area contributed by atoms with Crippen LogP contribution in [0.2, 0.25) is 0 Å². The third-order valence-corrected chi connectivity index (χ3v) is 7.97. The SMILES string of the molecule is CC/C=C\C/C=C\C/C=C\CCCCCCCC(=O)C(C)/C=C\C/C=C\C/C=C\CCCCCCCC(=O)N[C@@H](CCC(N)=O)C(=O)O. The smallest absolute Gasteiger partial charge is 0.326 e. The lowest BCUT2D eigenvalue weighted by atomic mass is 9.99. The van der Waals surface area contributed by atoms with Gasteiger partial charge in [-0.15, -0.1) is 0 Å². The van der Waals surface area contributed by atoms with Crippen LogP contribution < -0.4 is 11.1 Å². The summed E-state index contributed by atoms with van der Waals surface area (Å²) < 4.78 is 0. The van der Waals surface area contributed by atoms with Crippen LogP contribution in [0.3, 0.4) is 0 Å². The van der Waals surface area contributed by atoms with E-state index in [2.05, 4.69) is 79.1 Å².